The van der Waals surface area contributed by atoms with Crippen molar-refractivity contribution in [2.75, 3.05) is 52.4 Å². The molecule has 0 spiro atoms. The van der Waals surface area contributed by atoms with Crippen LogP contribution in [-0.2, 0) is 9.59 Å². The molecule has 1 rings (SSSR count). The number of carbonyl (C=O) groups excluding carboxylic acids is 4. The predicted molar refractivity (Wildman–Crippen MR) is 193 cm³/mol. The zero-order chi connectivity index (χ0) is 35.0. The molecule has 0 radical (unpaired) electrons. The lowest BCUT2D eigenvalue weighted by molar-refractivity contribution is -0.131. The summed E-state index contributed by atoms with van der Waals surface area (Å²) in [6.45, 7) is 17.4. The average molecular weight is 659 g/mol. The number of hydrogen-bond acceptors (Lipinski definition) is 6. The normalized spacial score (nSPS) is 13.7. The number of unbranched alkanes of at least 4 members (excludes halogenated alkanes) is 2. The maximum atomic E-state index is 12.7. The van der Waals surface area contributed by atoms with E-state index in [0.29, 0.717) is 56.9 Å². The summed E-state index contributed by atoms with van der Waals surface area (Å²) < 4.78 is 0. The van der Waals surface area contributed by atoms with Crippen LogP contribution in [0, 0.1) is 10.8 Å². The van der Waals surface area contributed by atoms with E-state index in [1.165, 1.54) is 0 Å². The highest BCUT2D eigenvalue weighted by Crippen LogP contribution is 2.31. The van der Waals surface area contributed by atoms with Crippen LogP contribution in [0.5, 0.6) is 0 Å². The van der Waals surface area contributed by atoms with E-state index in [-0.39, 0.29) is 34.5 Å². The Labute approximate surface area is 285 Å². The summed E-state index contributed by atoms with van der Waals surface area (Å²) in [6, 6.07) is 6.61. The van der Waals surface area contributed by atoms with Gasteiger partial charge < -0.3 is 31.9 Å². The van der Waals surface area contributed by atoms with Crippen molar-refractivity contribution in [3.05, 3.63) is 35.4 Å². The van der Waals surface area contributed by atoms with Gasteiger partial charge in [-0.3, -0.25) is 19.2 Å². The van der Waals surface area contributed by atoms with Crippen molar-refractivity contribution in [2.24, 2.45) is 10.8 Å². The number of carbonyl (C=O) groups is 4. The Hall–Kier alpha value is -2.98. The van der Waals surface area contributed by atoms with Gasteiger partial charge in [0.15, 0.2) is 0 Å². The van der Waals surface area contributed by atoms with Crippen molar-refractivity contribution in [3.63, 3.8) is 0 Å². The molecule has 10 nitrogen and oxygen atoms in total. The van der Waals surface area contributed by atoms with Crippen LogP contribution >= 0.6 is 0 Å². The smallest absolute Gasteiger partial charge is 0.251 e. The number of benzene rings is 1. The van der Waals surface area contributed by atoms with Gasteiger partial charge in [-0.2, -0.15) is 0 Å². The minimum Gasteiger partial charge on any atom is -0.356 e. The van der Waals surface area contributed by atoms with Gasteiger partial charge in [-0.05, 0) is 62.9 Å². The fourth-order valence-corrected chi connectivity index (χ4v) is 5.80. The van der Waals surface area contributed by atoms with E-state index < -0.39 is 0 Å². The zero-order valence-corrected chi connectivity index (χ0v) is 30.4. The van der Waals surface area contributed by atoms with Crippen molar-refractivity contribution in [1.82, 2.24) is 31.9 Å². The molecule has 268 valence electrons. The monoisotopic (exact) mass is 659 g/mol. The first-order chi connectivity index (χ1) is 22.6. The molecule has 1 aromatic carbocycles. The molecule has 47 heavy (non-hydrogen) atoms. The molecule has 6 N–H and O–H groups in total. The molecule has 4 amide bonds. The van der Waals surface area contributed by atoms with Crippen molar-refractivity contribution >= 4 is 23.6 Å². The van der Waals surface area contributed by atoms with Crippen LogP contribution in [0.2, 0.25) is 0 Å². The number of rotatable bonds is 27. The summed E-state index contributed by atoms with van der Waals surface area (Å²) in [7, 11) is 0. The summed E-state index contributed by atoms with van der Waals surface area (Å²) in [5.41, 5.74) is 0.397. The second-order valence-corrected chi connectivity index (χ2v) is 13.3. The number of amides is 4. The third-order valence-electron chi connectivity index (χ3n) is 8.85. The molecule has 0 heterocycles. The Bertz CT molecular complexity index is 1050. The third-order valence-corrected chi connectivity index (χ3v) is 8.85. The molecule has 2 unspecified atom stereocenters. The molecule has 0 aliphatic carbocycles. The molecule has 0 saturated carbocycles. The van der Waals surface area contributed by atoms with Gasteiger partial charge in [-0.15, -0.1) is 0 Å². The van der Waals surface area contributed by atoms with Gasteiger partial charge in [0.05, 0.1) is 0 Å². The second kappa shape index (κ2) is 24.2. The first kappa shape index (κ1) is 42.0. The minimum absolute atomic E-state index is 0.123. The Morgan fingerprint density at radius 2 is 0.851 bits per heavy atom. The standard InChI is InChI=1S/C37H66N6O4/c1-7-11-20-36(5,18-9-3)34(46)42-23-13-22-38-24-27-40-32(44)30-14-16-31(17-15-30)33(45)41-28-25-39-26-29-43-35(47)37(6,19-10-4)21-12-8-2/h14-17,38-39H,7-13,18-29H2,1-6H3,(H,40,44)(H,41,45)(H,42,46)(H,43,47). The Balaban J connectivity index is 2.22. The molecule has 1 aromatic rings. The lowest BCUT2D eigenvalue weighted by Crippen LogP contribution is -2.42. The summed E-state index contributed by atoms with van der Waals surface area (Å²) in [6.07, 6.45) is 10.8. The topological polar surface area (TPSA) is 140 Å². The molecule has 2 atom stereocenters. The van der Waals surface area contributed by atoms with E-state index >= 15 is 0 Å². The van der Waals surface area contributed by atoms with E-state index in [1.54, 1.807) is 24.3 Å². The largest absolute Gasteiger partial charge is 0.356 e. The maximum absolute atomic E-state index is 12.7. The van der Waals surface area contributed by atoms with E-state index in [4.69, 9.17) is 0 Å². The third kappa shape index (κ3) is 16.6. The molecule has 0 aliphatic heterocycles. The Morgan fingerprint density at radius 3 is 1.26 bits per heavy atom. The summed E-state index contributed by atoms with van der Waals surface area (Å²) >= 11 is 0. The Morgan fingerprint density at radius 1 is 0.468 bits per heavy atom. The molecule has 0 saturated heterocycles. The van der Waals surface area contributed by atoms with Crippen molar-refractivity contribution in [2.45, 2.75) is 112 Å². The van der Waals surface area contributed by atoms with Crippen LogP contribution in [0.15, 0.2) is 24.3 Å². The summed E-state index contributed by atoms with van der Waals surface area (Å²) in [5.74, 6) is -0.111. The SMILES string of the molecule is CCCCC(C)(CCC)C(=O)NCCCNCCNC(=O)c1ccc(C(=O)NCCNCCNC(=O)C(C)(CCC)CCCC)cc1. The van der Waals surface area contributed by atoms with Gasteiger partial charge in [0.2, 0.25) is 11.8 Å². The van der Waals surface area contributed by atoms with E-state index in [9.17, 15) is 19.2 Å². The minimum atomic E-state index is -0.307. The summed E-state index contributed by atoms with van der Waals surface area (Å²) in [5, 5.41) is 18.5. The van der Waals surface area contributed by atoms with E-state index in [0.717, 1.165) is 77.2 Å². The first-order valence-electron chi connectivity index (χ1n) is 18.2. The molecular formula is C37H66N6O4. The van der Waals surface area contributed by atoms with Gasteiger partial charge in [-0.1, -0.05) is 80.1 Å². The van der Waals surface area contributed by atoms with Crippen LogP contribution in [-0.4, -0.2) is 76.0 Å². The maximum Gasteiger partial charge on any atom is 0.251 e. The van der Waals surface area contributed by atoms with Crippen molar-refractivity contribution < 1.29 is 19.2 Å². The molecule has 0 aliphatic rings. The van der Waals surface area contributed by atoms with Gasteiger partial charge in [0.1, 0.15) is 0 Å². The van der Waals surface area contributed by atoms with E-state index in [1.807, 2.05) is 0 Å². The highest BCUT2D eigenvalue weighted by atomic mass is 16.2. The van der Waals surface area contributed by atoms with Gasteiger partial charge in [-0.25, -0.2) is 0 Å². The van der Waals surface area contributed by atoms with Crippen molar-refractivity contribution in [3.8, 4) is 0 Å². The van der Waals surface area contributed by atoms with Gasteiger partial charge in [0.25, 0.3) is 11.8 Å². The lowest BCUT2D eigenvalue weighted by Gasteiger charge is -2.28. The van der Waals surface area contributed by atoms with Crippen LogP contribution in [0.1, 0.15) is 133 Å². The molecular weight excluding hydrogens is 592 g/mol. The molecule has 10 heteroatoms. The van der Waals surface area contributed by atoms with Crippen LogP contribution < -0.4 is 31.9 Å². The highest BCUT2D eigenvalue weighted by molar-refractivity contribution is 5.97. The number of nitrogens with one attached hydrogen (secondary N) is 6. The fraction of sp³-hybridized carbons (Fsp3) is 0.730. The number of hydrogen-bond donors (Lipinski definition) is 6. The quantitative estimate of drug-likeness (QED) is 0.0741. The summed E-state index contributed by atoms with van der Waals surface area (Å²) in [4.78, 5) is 50.5. The zero-order valence-electron chi connectivity index (χ0n) is 30.4. The predicted octanol–water partition coefficient (Wildman–Crippen LogP) is 4.94. The van der Waals surface area contributed by atoms with Crippen LogP contribution in [0.4, 0.5) is 0 Å². The first-order valence-corrected chi connectivity index (χ1v) is 18.2. The molecule has 0 bridgehead atoms. The van der Waals surface area contributed by atoms with Crippen molar-refractivity contribution in [1.29, 1.82) is 0 Å². The second-order valence-electron chi connectivity index (χ2n) is 13.3. The van der Waals surface area contributed by atoms with Crippen LogP contribution in [0.3, 0.4) is 0 Å². The lowest BCUT2D eigenvalue weighted by atomic mass is 9.80. The average Bonchev–Trinajstić information content (AvgIpc) is 3.06. The molecule has 0 aromatic heterocycles. The highest BCUT2D eigenvalue weighted by Gasteiger charge is 2.32. The van der Waals surface area contributed by atoms with Gasteiger partial charge >= 0.3 is 0 Å². The van der Waals surface area contributed by atoms with Crippen LogP contribution in [0.25, 0.3) is 0 Å². The molecule has 0 fully saturated rings. The Kier molecular flexibility index (Phi) is 21.7. The van der Waals surface area contributed by atoms with Gasteiger partial charge in [0, 0.05) is 67.8 Å². The fourth-order valence-electron chi connectivity index (χ4n) is 5.80. The van der Waals surface area contributed by atoms with E-state index in [2.05, 4.69) is 73.4 Å².